The van der Waals surface area contributed by atoms with Crippen LogP contribution < -0.4 is 19.9 Å². The van der Waals surface area contributed by atoms with Gasteiger partial charge in [-0.25, -0.2) is 0 Å². The zero-order chi connectivity index (χ0) is 27.8. The fourth-order valence-corrected chi connectivity index (χ4v) is 4.51. The van der Waals surface area contributed by atoms with Crippen molar-refractivity contribution in [3.05, 3.63) is 59.7 Å². The Kier molecular flexibility index (Phi) is 9.57. The molecule has 1 fully saturated rings. The Bertz CT molecular complexity index is 1210. The van der Waals surface area contributed by atoms with E-state index >= 15 is 0 Å². The third kappa shape index (κ3) is 8.05. The van der Waals surface area contributed by atoms with Crippen LogP contribution in [0, 0.1) is 18.8 Å². The molecule has 1 atom stereocenters. The number of carboxylic acids is 1. The number of piperidine rings is 1. The highest BCUT2D eigenvalue weighted by molar-refractivity contribution is 5.70. The maximum absolute atomic E-state index is 11.3. The second-order valence-electron chi connectivity index (χ2n) is 10.5. The van der Waals surface area contributed by atoms with Crippen molar-refractivity contribution in [2.75, 3.05) is 48.4 Å². The monoisotopic (exact) mass is 532 g/mol. The molecule has 0 aliphatic carbocycles. The van der Waals surface area contributed by atoms with Crippen LogP contribution in [0.5, 0.6) is 5.75 Å². The molecule has 1 aromatic heterocycles. The summed E-state index contributed by atoms with van der Waals surface area (Å²) in [5.74, 6) is 2.14. The quantitative estimate of drug-likeness (QED) is 0.320. The Morgan fingerprint density at radius 3 is 2.44 bits per heavy atom. The highest BCUT2D eigenvalue weighted by Crippen LogP contribution is 2.24. The van der Waals surface area contributed by atoms with Gasteiger partial charge in [-0.3, -0.25) is 4.79 Å². The molecule has 1 saturated heterocycles. The Labute approximate surface area is 231 Å². The van der Waals surface area contributed by atoms with E-state index in [4.69, 9.17) is 19.7 Å². The lowest BCUT2D eigenvalue weighted by Gasteiger charge is -2.31. The smallest absolute Gasteiger partial charge is 0.306 e. The van der Waals surface area contributed by atoms with E-state index in [2.05, 4.69) is 36.2 Å². The second kappa shape index (κ2) is 13.3. The number of aliphatic carboxylic acids is 1. The molecule has 2 heterocycles. The summed E-state index contributed by atoms with van der Waals surface area (Å²) in [4.78, 5) is 29.8. The molecule has 208 valence electrons. The van der Waals surface area contributed by atoms with Crippen LogP contribution in [0.15, 0.2) is 48.5 Å². The average molecular weight is 533 g/mol. The SMILES string of the molecule is CCC(Cc1ccc(OCCN(C)c2nc(Nc3ccc(C)cc3)nc(N3CCC(C)CC3)n2)cc1)C(=O)O. The molecule has 0 spiro atoms. The van der Waals surface area contributed by atoms with E-state index in [9.17, 15) is 9.90 Å². The van der Waals surface area contributed by atoms with Crippen LogP contribution in [0.3, 0.4) is 0 Å². The fraction of sp³-hybridized carbons (Fsp3) is 0.467. The van der Waals surface area contributed by atoms with Crippen LogP contribution in [0.25, 0.3) is 0 Å². The second-order valence-corrected chi connectivity index (χ2v) is 10.5. The topological polar surface area (TPSA) is 104 Å². The van der Waals surface area contributed by atoms with Crippen LogP contribution in [-0.2, 0) is 11.2 Å². The van der Waals surface area contributed by atoms with Gasteiger partial charge in [-0.05, 0) is 68.4 Å². The molecule has 0 saturated carbocycles. The minimum atomic E-state index is -0.755. The summed E-state index contributed by atoms with van der Waals surface area (Å²) in [7, 11) is 1.95. The largest absolute Gasteiger partial charge is 0.492 e. The van der Waals surface area contributed by atoms with Gasteiger partial charge in [0, 0.05) is 25.8 Å². The van der Waals surface area contributed by atoms with Crippen molar-refractivity contribution < 1.29 is 14.6 Å². The van der Waals surface area contributed by atoms with Gasteiger partial charge in [0.2, 0.25) is 17.8 Å². The van der Waals surface area contributed by atoms with Gasteiger partial charge in [0.25, 0.3) is 0 Å². The van der Waals surface area contributed by atoms with Crippen molar-refractivity contribution in [1.29, 1.82) is 0 Å². The first-order chi connectivity index (χ1) is 18.8. The highest BCUT2D eigenvalue weighted by Gasteiger charge is 2.21. The van der Waals surface area contributed by atoms with Gasteiger partial charge in [-0.1, -0.05) is 43.7 Å². The molecule has 0 bridgehead atoms. The predicted molar refractivity (Wildman–Crippen MR) is 155 cm³/mol. The molecular weight excluding hydrogens is 492 g/mol. The lowest BCUT2D eigenvalue weighted by atomic mass is 9.97. The van der Waals surface area contributed by atoms with Crippen LogP contribution in [0.2, 0.25) is 0 Å². The van der Waals surface area contributed by atoms with E-state index in [0.29, 0.717) is 49.8 Å². The summed E-state index contributed by atoms with van der Waals surface area (Å²) >= 11 is 0. The summed E-state index contributed by atoms with van der Waals surface area (Å²) in [6.07, 6.45) is 3.38. The molecule has 4 rings (SSSR count). The predicted octanol–water partition coefficient (Wildman–Crippen LogP) is 5.33. The van der Waals surface area contributed by atoms with Crippen LogP contribution in [-0.4, -0.2) is 59.3 Å². The number of anilines is 4. The summed E-state index contributed by atoms with van der Waals surface area (Å²) in [5, 5.41) is 12.6. The van der Waals surface area contributed by atoms with Crippen molar-refractivity contribution in [2.24, 2.45) is 11.8 Å². The molecule has 1 unspecified atom stereocenters. The Morgan fingerprint density at radius 1 is 1.10 bits per heavy atom. The standard InChI is InChI=1S/C30H40N6O3/c1-5-24(27(37)38)20-23-8-12-26(13-9-23)39-19-18-35(4)29-32-28(31-25-10-6-21(2)7-11-25)33-30(34-29)36-16-14-22(3)15-17-36/h6-13,22,24H,5,14-20H2,1-4H3,(H,37,38)(H,31,32,33,34). The Balaban J connectivity index is 1.41. The van der Waals surface area contributed by atoms with Crippen LogP contribution >= 0.6 is 0 Å². The third-order valence-corrected chi connectivity index (χ3v) is 7.27. The lowest BCUT2D eigenvalue weighted by molar-refractivity contribution is -0.141. The average Bonchev–Trinajstić information content (AvgIpc) is 2.93. The van der Waals surface area contributed by atoms with E-state index < -0.39 is 5.97 Å². The van der Waals surface area contributed by atoms with Crippen molar-refractivity contribution >= 4 is 29.5 Å². The number of likely N-dealkylation sites (N-methyl/N-ethyl adjacent to an activating group) is 1. The first-order valence-corrected chi connectivity index (χ1v) is 13.8. The van der Waals surface area contributed by atoms with E-state index in [1.807, 2.05) is 55.3 Å². The van der Waals surface area contributed by atoms with Gasteiger partial charge >= 0.3 is 5.97 Å². The minimum absolute atomic E-state index is 0.366. The number of nitrogens with one attached hydrogen (secondary N) is 1. The number of ether oxygens (including phenoxy) is 1. The molecule has 0 radical (unpaired) electrons. The first-order valence-electron chi connectivity index (χ1n) is 13.8. The molecule has 1 aliphatic rings. The van der Waals surface area contributed by atoms with Crippen molar-refractivity contribution in [3.8, 4) is 5.75 Å². The van der Waals surface area contributed by atoms with Gasteiger partial charge in [-0.15, -0.1) is 0 Å². The van der Waals surface area contributed by atoms with Gasteiger partial charge in [0.1, 0.15) is 12.4 Å². The normalized spacial score (nSPS) is 14.6. The summed E-state index contributed by atoms with van der Waals surface area (Å²) in [6.45, 7) is 9.16. The number of benzene rings is 2. The lowest BCUT2D eigenvalue weighted by Crippen LogP contribution is -2.35. The van der Waals surface area contributed by atoms with Crippen molar-refractivity contribution in [1.82, 2.24) is 15.0 Å². The van der Waals surface area contributed by atoms with Crippen LogP contribution in [0.4, 0.5) is 23.5 Å². The molecule has 2 N–H and O–H groups in total. The molecule has 39 heavy (non-hydrogen) atoms. The number of hydrogen-bond acceptors (Lipinski definition) is 8. The maximum Gasteiger partial charge on any atom is 0.306 e. The Hall–Kier alpha value is -3.88. The van der Waals surface area contributed by atoms with Crippen molar-refractivity contribution in [3.63, 3.8) is 0 Å². The molecule has 3 aromatic rings. The molecule has 0 amide bonds. The number of carbonyl (C=O) groups is 1. The van der Waals surface area contributed by atoms with Gasteiger partial charge in [-0.2, -0.15) is 15.0 Å². The number of hydrogen-bond donors (Lipinski definition) is 2. The zero-order valence-corrected chi connectivity index (χ0v) is 23.4. The number of aryl methyl sites for hydroxylation is 1. The summed E-state index contributed by atoms with van der Waals surface area (Å²) < 4.78 is 5.97. The highest BCUT2D eigenvalue weighted by atomic mass is 16.5. The van der Waals surface area contributed by atoms with Crippen LogP contribution in [0.1, 0.15) is 44.2 Å². The number of aromatic nitrogens is 3. The van der Waals surface area contributed by atoms with E-state index in [1.54, 1.807) is 0 Å². The van der Waals surface area contributed by atoms with E-state index in [-0.39, 0.29) is 5.92 Å². The summed E-state index contributed by atoms with van der Waals surface area (Å²) in [5.41, 5.74) is 3.12. The number of carboxylic acid groups (broad SMARTS) is 1. The van der Waals surface area contributed by atoms with E-state index in [0.717, 1.165) is 42.9 Å². The zero-order valence-electron chi connectivity index (χ0n) is 23.4. The molecule has 2 aromatic carbocycles. The van der Waals surface area contributed by atoms with Gasteiger partial charge in [0.15, 0.2) is 0 Å². The summed E-state index contributed by atoms with van der Waals surface area (Å²) in [6, 6.07) is 15.8. The molecular formula is C30H40N6O3. The molecule has 1 aliphatic heterocycles. The molecule has 9 heteroatoms. The van der Waals surface area contributed by atoms with Gasteiger partial charge < -0.3 is 25.0 Å². The van der Waals surface area contributed by atoms with Crippen molar-refractivity contribution in [2.45, 2.75) is 46.5 Å². The minimum Gasteiger partial charge on any atom is -0.492 e. The number of rotatable bonds is 12. The maximum atomic E-state index is 11.3. The fourth-order valence-electron chi connectivity index (χ4n) is 4.51. The van der Waals surface area contributed by atoms with E-state index in [1.165, 1.54) is 5.56 Å². The third-order valence-electron chi connectivity index (χ3n) is 7.27. The number of nitrogens with zero attached hydrogens (tertiary/aromatic N) is 5. The Morgan fingerprint density at radius 2 is 1.79 bits per heavy atom. The molecule has 9 nitrogen and oxygen atoms in total. The van der Waals surface area contributed by atoms with Gasteiger partial charge in [0.05, 0.1) is 12.5 Å². The first kappa shape index (κ1) is 28.1.